The van der Waals surface area contributed by atoms with Gasteiger partial charge in [0.25, 0.3) is 0 Å². The van der Waals surface area contributed by atoms with Crippen molar-refractivity contribution in [1.82, 2.24) is 0 Å². The molecule has 0 amide bonds. The third-order valence-corrected chi connectivity index (χ3v) is 14.6. The number of rotatable bonds is 60. The molecule has 6 nitrogen and oxygen atoms in total. The van der Waals surface area contributed by atoms with Crippen molar-refractivity contribution >= 4 is 17.9 Å². The molecule has 0 rings (SSSR count). The maximum atomic E-state index is 12.9. The van der Waals surface area contributed by atoms with Gasteiger partial charge in [0.05, 0.1) is 0 Å². The van der Waals surface area contributed by atoms with E-state index in [0.29, 0.717) is 19.3 Å². The van der Waals surface area contributed by atoms with E-state index >= 15 is 0 Å². The highest BCUT2D eigenvalue weighted by Gasteiger charge is 2.19. The normalized spacial score (nSPS) is 12.3. The molecule has 74 heavy (non-hydrogen) atoms. The van der Waals surface area contributed by atoms with Crippen LogP contribution < -0.4 is 0 Å². The van der Waals surface area contributed by atoms with Gasteiger partial charge in [-0.25, -0.2) is 0 Å². The molecular weight excluding hydrogens is 913 g/mol. The summed E-state index contributed by atoms with van der Waals surface area (Å²) in [6.07, 6.45) is 78.3. The van der Waals surface area contributed by atoms with Gasteiger partial charge < -0.3 is 14.2 Å². The summed E-state index contributed by atoms with van der Waals surface area (Å²) < 4.78 is 16.9. The van der Waals surface area contributed by atoms with Crippen molar-refractivity contribution in [3.05, 3.63) is 48.6 Å². The second kappa shape index (κ2) is 62.9. The number of carbonyl (C=O) groups excluding carboxylic acids is 3. The van der Waals surface area contributed by atoms with Crippen LogP contribution >= 0.6 is 0 Å². The Morgan fingerprint density at radius 2 is 0.486 bits per heavy atom. The summed E-state index contributed by atoms with van der Waals surface area (Å²) in [6.45, 7) is 6.64. The fourth-order valence-electron chi connectivity index (χ4n) is 9.62. The Hall–Kier alpha value is -2.63. The molecule has 0 aliphatic rings. The molecule has 6 heteroatoms. The molecule has 0 saturated carbocycles. The predicted octanol–water partition coefficient (Wildman–Crippen LogP) is 22.2. The zero-order valence-corrected chi connectivity index (χ0v) is 49.6. The van der Waals surface area contributed by atoms with Crippen molar-refractivity contribution in [1.29, 1.82) is 0 Å². The van der Waals surface area contributed by atoms with Crippen LogP contribution in [0.5, 0.6) is 0 Å². The molecule has 0 fully saturated rings. The van der Waals surface area contributed by atoms with Crippen molar-refractivity contribution in [3.63, 3.8) is 0 Å². The molecule has 0 N–H and O–H groups in total. The molecule has 0 heterocycles. The number of hydrogen-bond acceptors (Lipinski definition) is 6. The van der Waals surface area contributed by atoms with E-state index in [1.165, 1.54) is 218 Å². The Morgan fingerprint density at radius 1 is 0.270 bits per heavy atom. The quantitative estimate of drug-likeness (QED) is 0.0261. The van der Waals surface area contributed by atoms with Gasteiger partial charge in [0.2, 0.25) is 0 Å². The zero-order chi connectivity index (χ0) is 53.6. The van der Waals surface area contributed by atoms with Gasteiger partial charge in [0.1, 0.15) is 13.2 Å². The van der Waals surface area contributed by atoms with Crippen LogP contribution in [0.1, 0.15) is 348 Å². The van der Waals surface area contributed by atoms with E-state index in [-0.39, 0.29) is 31.1 Å². The predicted molar refractivity (Wildman–Crippen MR) is 321 cm³/mol. The van der Waals surface area contributed by atoms with Crippen LogP contribution in [0.25, 0.3) is 0 Å². The standard InChI is InChI=1S/C68H124O6/c1-4-7-10-13-16-19-22-25-28-30-32-33-34-35-37-38-40-43-46-49-52-55-58-61-67(70)73-64-65(63-72-66(69)60-57-54-51-48-45-42-27-24-21-18-15-12-9-6-3)74-68(71)62-59-56-53-50-47-44-41-39-36-31-29-26-23-20-17-14-11-8-5-2/h17,20,24,26-27,29,36,39,65H,4-16,18-19,21-23,25,28,30-35,37-38,40-64H2,1-3H3/b20-17-,27-24-,29-26-,39-36-. The monoisotopic (exact) mass is 1040 g/mol. The van der Waals surface area contributed by atoms with Gasteiger partial charge in [-0.05, 0) is 83.5 Å². The van der Waals surface area contributed by atoms with E-state index in [9.17, 15) is 14.4 Å². The first-order valence-electron chi connectivity index (χ1n) is 32.6. The summed E-state index contributed by atoms with van der Waals surface area (Å²) in [4.78, 5) is 38.3. The Labute approximate surface area is 460 Å². The first-order valence-corrected chi connectivity index (χ1v) is 32.6. The van der Waals surface area contributed by atoms with Gasteiger partial charge >= 0.3 is 17.9 Å². The number of hydrogen-bond donors (Lipinski definition) is 0. The molecule has 0 bridgehead atoms. The lowest BCUT2D eigenvalue weighted by Gasteiger charge is -2.18. The maximum absolute atomic E-state index is 12.9. The van der Waals surface area contributed by atoms with Crippen LogP contribution in [0.2, 0.25) is 0 Å². The lowest BCUT2D eigenvalue weighted by Crippen LogP contribution is -2.30. The minimum absolute atomic E-state index is 0.0776. The largest absolute Gasteiger partial charge is 0.462 e. The summed E-state index contributed by atoms with van der Waals surface area (Å²) in [6, 6.07) is 0. The Bertz CT molecular complexity index is 1280. The number of carbonyl (C=O) groups is 3. The fourth-order valence-corrected chi connectivity index (χ4v) is 9.62. The van der Waals surface area contributed by atoms with E-state index < -0.39 is 6.10 Å². The minimum Gasteiger partial charge on any atom is -0.462 e. The Kier molecular flexibility index (Phi) is 60.7. The SMILES string of the molecule is CCCCC/C=C\C/C=C\C/C=C\CCCCCCCCC(=O)OC(COC(=O)CCCCCCC/C=C\CCCCCCC)COC(=O)CCCCCCCCCCCCCCCCCCCCCCCCC. The Balaban J connectivity index is 4.31. The first-order chi connectivity index (χ1) is 36.5. The van der Waals surface area contributed by atoms with Gasteiger partial charge in [-0.15, -0.1) is 0 Å². The third-order valence-electron chi connectivity index (χ3n) is 14.6. The molecule has 432 valence electrons. The number of ether oxygens (including phenoxy) is 3. The highest BCUT2D eigenvalue weighted by atomic mass is 16.6. The second-order valence-electron chi connectivity index (χ2n) is 22.0. The molecule has 1 atom stereocenters. The number of allylic oxidation sites excluding steroid dienone is 8. The van der Waals surface area contributed by atoms with E-state index in [1.807, 2.05) is 0 Å². The van der Waals surface area contributed by atoms with E-state index in [1.54, 1.807) is 0 Å². The average molecular weight is 1040 g/mol. The lowest BCUT2D eigenvalue weighted by atomic mass is 10.0. The highest BCUT2D eigenvalue weighted by molar-refractivity contribution is 5.71. The molecular formula is C68H124O6. The van der Waals surface area contributed by atoms with Gasteiger partial charge in [-0.3, -0.25) is 14.4 Å². The maximum Gasteiger partial charge on any atom is 0.306 e. The summed E-state index contributed by atoms with van der Waals surface area (Å²) in [7, 11) is 0. The van der Waals surface area contributed by atoms with Crippen LogP contribution in [0.4, 0.5) is 0 Å². The number of unbranched alkanes of at least 4 members (excludes halogenated alkanes) is 41. The molecule has 0 aromatic rings. The van der Waals surface area contributed by atoms with Crippen molar-refractivity contribution in [2.75, 3.05) is 13.2 Å². The van der Waals surface area contributed by atoms with Crippen molar-refractivity contribution in [2.24, 2.45) is 0 Å². The van der Waals surface area contributed by atoms with Crippen molar-refractivity contribution < 1.29 is 28.6 Å². The molecule has 0 aromatic heterocycles. The Morgan fingerprint density at radius 3 is 0.797 bits per heavy atom. The van der Waals surface area contributed by atoms with Gasteiger partial charge in [0, 0.05) is 19.3 Å². The molecule has 0 aromatic carbocycles. The molecule has 1 unspecified atom stereocenters. The van der Waals surface area contributed by atoms with Gasteiger partial charge in [-0.1, -0.05) is 294 Å². The van der Waals surface area contributed by atoms with E-state index in [0.717, 1.165) is 89.9 Å². The van der Waals surface area contributed by atoms with E-state index in [4.69, 9.17) is 14.2 Å². The van der Waals surface area contributed by atoms with Gasteiger partial charge in [0.15, 0.2) is 6.10 Å². The van der Waals surface area contributed by atoms with Crippen LogP contribution in [-0.4, -0.2) is 37.2 Å². The van der Waals surface area contributed by atoms with E-state index in [2.05, 4.69) is 69.4 Å². The lowest BCUT2D eigenvalue weighted by molar-refractivity contribution is -0.167. The third kappa shape index (κ3) is 60.2. The van der Waals surface area contributed by atoms with Crippen LogP contribution in [0, 0.1) is 0 Å². The summed E-state index contributed by atoms with van der Waals surface area (Å²) >= 11 is 0. The van der Waals surface area contributed by atoms with Crippen LogP contribution in [0.3, 0.4) is 0 Å². The minimum atomic E-state index is -0.783. The van der Waals surface area contributed by atoms with Crippen molar-refractivity contribution in [3.8, 4) is 0 Å². The average Bonchev–Trinajstić information content (AvgIpc) is 3.40. The molecule has 0 aliphatic heterocycles. The molecule has 0 spiro atoms. The molecule has 0 radical (unpaired) electrons. The van der Waals surface area contributed by atoms with Crippen molar-refractivity contribution in [2.45, 2.75) is 354 Å². The summed E-state index contributed by atoms with van der Waals surface area (Å²) in [5.74, 6) is -0.878. The second-order valence-corrected chi connectivity index (χ2v) is 22.0. The highest BCUT2D eigenvalue weighted by Crippen LogP contribution is 2.17. The number of esters is 3. The first kappa shape index (κ1) is 71.4. The zero-order valence-electron chi connectivity index (χ0n) is 49.6. The molecule has 0 saturated heterocycles. The topological polar surface area (TPSA) is 78.9 Å². The summed E-state index contributed by atoms with van der Waals surface area (Å²) in [5, 5.41) is 0. The summed E-state index contributed by atoms with van der Waals surface area (Å²) in [5.41, 5.74) is 0. The van der Waals surface area contributed by atoms with Crippen LogP contribution in [0.15, 0.2) is 48.6 Å². The smallest absolute Gasteiger partial charge is 0.306 e. The fraction of sp³-hybridized carbons (Fsp3) is 0.838. The van der Waals surface area contributed by atoms with Gasteiger partial charge in [-0.2, -0.15) is 0 Å². The van der Waals surface area contributed by atoms with Crippen LogP contribution in [-0.2, 0) is 28.6 Å². The molecule has 0 aliphatic carbocycles.